The molecule has 3 heteroatoms. The highest BCUT2D eigenvalue weighted by Gasteiger charge is 2.16. The van der Waals surface area contributed by atoms with Gasteiger partial charge in [-0.3, -0.25) is 4.79 Å². The Morgan fingerprint density at radius 1 is 1.21 bits per heavy atom. The predicted octanol–water partition coefficient (Wildman–Crippen LogP) is 3.40. The highest BCUT2D eigenvalue weighted by Crippen LogP contribution is 2.18. The summed E-state index contributed by atoms with van der Waals surface area (Å²) in [6, 6.07) is 14.5. The second-order valence-corrected chi connectivity index (χ2v) is 5.03. The van der Waals surface area contributed by atoms with Crippen LogP contribution in [0, 0.1) is 6.92 Å². The molecule has 2 N–H and O–H groups in total. The van der Waals surface area contributed by atoms with E-state index in [2.05, 4.69) is 0 Å². The molecule has 2 aromatic carbocycles. The average molecular weight is 274 g/mol. The first-order chi connectivity index (χ1) is 9.08. The summed E-state index contributed by atoms with van der Waals surface area (Å²) in [7, 11) is 0. The fourth-order valence-corrected chi connectivity index (χ4v) is 2.10. The lowest BCUT2D eigenvalue weighted by Gasteiger charge is -2.11. The lowest BCUT2D eigenvalue weighted by atomic mass is 9.98. The summed E-state index contributed by atoms with van der Waals surface area (Å²) in [6.07, 6.45) is 0.533. The fraction of sp³-hybridized carbons (Fsp3) is 0.188. The van der Waals surface area contributed by atoms with Crippen molar-refractivity contribution in [1.29, 1.82) is 0 Å². The number of ketones is 1. The van der Waals surface area contributed by atoms with Crippen molar-refractivity contribution in [1.82, 2.24) is 0 Å². The van der Waals surface area contributed by atoms with E-state index in [0.29, 0.717) is 17.0 Å². The first kappa shape index (κ1) is 13.8. The molecule has 1 atom stereocenters. The average Bonchev–Trinajstić information content (AvgIpc) is 2.42. The number of aryl methyl sites for hydroxylation is 1. The maximum atomic E-state index is 12.2. The van der Waals surface area contributed by atoms with E-state index in [0.717, 1.165) is 11.1 Å². The molecule has 0 aliphatic heterocycles. The van der Waals surface area contributed by atoms with Gasteiger partial charge in [0.05, 0.1) is 6.04 Å². The third-order valence-electron chi connectivity index (χ3n) is 3.09. The third-order valence-corrected chi connectivity index (χ3v) is 3.50. The highest BCUT2D eigenvalue weighted by molar-refractivity contribution is 6.31. The van der Waals surface area contributed by atoms with Gasteiger partial charge in [-0.25, -0.2) is 0 Å². The van der Waals surface area contributed by atoms with E-state index in [9.17, 15) is 4.79 Å². The van der Waals surface area contributed by atoms with Crippen LogP contribution in [0.15, 0.2) is 48.5 Å². The molecule has 0 bridgehead atoms. The molecule has 0 fully saturated rings. The van der Waals surface area contributed by atoms with Crippen LogP contribution in [0.5, 0.6) is 0 Å². The van der Waals surface area contributed by atoms with Crippen LogP contribution in [-0.2, 0) is 6.42 Å². The van der Waals surface area contributed by atoms with Crippen LogP contribution in [0.1, 0.15) is 21.5 Å². The number of carbonyl (C=O) groups is 1. The van der Waals surface area contributed by atoms with Crippen molar-refractivity contribution < 1.29 is 4.79 Å². The van der Waals surface area contributed by atoms with Gasteiger partial charge in [0.15, 0.2) is 5.78 Å². The Hall–Kier alpha value is -1.64. The van der Waals surface area contributed by atoms with Crippen LogP contribution in [-0.4, -0.2) is 11.8 Å². The molecule has 2 nitrogen and oxygen atoms in total. The number of nitrogens with two attached hydrogens (primary N) is 1. The molecule has 2 rings (SSSR count). The molecular weight excluding hydrogens is 258 g/mol. The largest absolute Gasteiger partial charge is 0.321 e. The second kappa shape index (κ2) is 6.00. The van der Waals surface area contributed by atoms with Gasteiger partial charge < -0.3 is 5.73 Å². The van der Waals surface area contributed by atoms with E-state index in [1.807, 2.05) is 43.3 Å². The molecular formula is C16H16ClNO. The van der Waals surface area contributed by atoms with E-state index in [-0.39, 0.29) is 5.78 Å². The van der Waals surface area contributed by atoms with Gasteiger partial charge in [-0.1, -0.05) is 54.1 Å². The predicted molar refractivity (Wildman–Crippen MR) is 78.6 cm³/mol. The Morgan fingerprint density at radius 2 is 1.89 bits per heavy atom. The summed E-state index contributed by atoms with van der Waals surface area (Å²) >= 11 is 6.03. The number of Topliss-reactive ketones (excluding diaryl/α,β-unsaturated/α-hetero) is 1. The summed E-state index contributed by atoms with van der Waals surface area (Å²) in [5.41, 5.74) is 8.56. The normalized spacial score (nSPS) is 12.2. The van der Waals surface area contributed by atoms with E-state index in [1.165, 1.54) is 0 Å². The van der Waals surface area contributed by atoms with Gasteiger partial charge in [0.1, 0.15) is 0 Å². The minimum atomic E-state index is -0.541. The minimum Gasteiger partial charge on any atom is -0.321 e. The van der Waals surface area contributed by atoms with Gasteiger partial charge in [0.2, 0.25) is 0 Å². The Bertz CT molecular complexity index is 581. The highest BCUT2D eigenvalue weighted by atomic mass is 35.5. The quantitative estimate of drug-likeness (QED) is 0.868. The van der Waals surface area contributed by atoms with Crippen LogP contribution in [0.3, 0.4) is 0 Å². The molecule has 0 radical (unpaired) electrons. The van der Waals surface area contributed by atoms with Gasteiger partial charge in [-0.05, 0) is 30.5 Å². The molecule has 2 aromatic rings. The SMILES string of the molecule is Cc1ccc(C(=O)C(N)Cc2ccccc2)cc1Cl. The van der Waals surface area contributed by atoms with Crippen LogP contribution in [0.25, 0.3) is 0 Å². The Kier molecular flexibility index (Phi) is 4.35. The Morgan fingerprint density at radius 3 is 2.53 bits per heavy atom. The number of halogens is 1. The number of hydrogen-bond acceptors (Lipinski definition) is 2. The van der Waals surface area contributed by atoms with Gasteiger partial charge in [-0.15, -0.1) is 0 Å². The van der Waals surface area contributed by atoms with E-state index in [1.54, 1.807) is 12.1 Å². The zero-order valence-corrected chi connectivity index (χ0v) is 11.5. The van der Waals surface area contributed by atoms with Crippen LogP contribution < -0.4 is 5.73 Å². The van der Waals surface area contributed by atoms with E-state index in [4.69, 9.17) is 17.3 Å². The maximum absolute atomic E-state index is 12.2. The van der Waals surface area contributed by atoms with Crippen molar-refractivity contribution in [2.24, 2.45) is 5.73 Å². The number of benzene rings is 2. The summed E-state index contributed by atoms with van der Waals surface area (Å²) in [5.74, 6) is -0.0780. The Labute approximate surface area is 118 Å². The zero-order valence-electron chi connectivity index (χ0n) is 10.8. The van der Waals surface area contributed by atoms with Crippen LogP contribution in [0.2, 0.25) is 5.02 Å². The van der Waals surface area contributed by atoms with Gasteiger partial charge in [-0.2, -0.15) is 0 Å². The summed E-state index contributed by atoms with van der Waals surface area (Å²) in [6.45, 7) is 1.90. The summed E-state index contributed by atoms with van der Waals surface area (Å²) < 4.78 is 0. The van der Waals surface area contributed by atoms with E-state index >= 15 is 0 Å². The van der Waals surface area contributed by atoms with Crippen molar-refractivity contribution in [3.63, 3.8) is 0 Å². The van der Waals surface area contributed by atoms with E-state index < -0.39 is 6.04 Å². The van der Waals surface area contributed by atoms with Crippen LogP contribution in [0.4, 0.5) is 0 Å². The smallest absolute Gasteiger partial charge is 0.179 e. The van der Waals surface area contributed by atoms with Crippen molar-refractivity contribution in [3.05, 3.63) is 70.2 Å². The summed E-state index contributed by atoms with van der Waals surface area (Å²) in [5, 5.41) is 0.595. The number of carbonyl (C=O) groups excluding carboxylic acids is 1. The standard InChI is InChI=1S/C16H16ClNO/c1-11-7-8-13(10-14(11)17)16(19)15(18)9-12-5-3-2-4-6-12/h2-8,10,15H,9,18H2,1H3. The van der Waals surface area contributed by atoms with Crippen molar-refractivity contribution in [3.8, 4) is 0 Å². The molecule has 0 saturated heterocycles. The molecule has 19 heavy (non-hydrogen) atoms. The Balaban J connectivity index is 2.12. The fourth-order valence-electron chi connectivity index (χ4n) is 1.92. The molecule has 0 aromatic heterocycles. The maximum Gasteiger partial charge on any atom is 0.179 e. The molecule has 1 unspecified atom stereocenters. The molecule has 0 saturated carbocycles. The lowest BCUT2D eigenvalue weighted by Crippen LogP contribution is -2.32. The van der Waals surface area contributed by atoms with Gasteiger partial charge in [0, 0.05) is 10.6 Å². The monoisotopic (exact) mass is 273 g/mol. The first-order valence-electron chi connectivity index (χ1n) is 6.18. The topological polar surface area (TPSA) is 43.1 Å². The van der Waals surface area contributed by atoms with Gasteiger partial charge >= 0.3 is 0 Å². The minimum absolute atomic E-state index is 0.0780. The van der Waals surface area contributed by atoms with Crippen molar-refractivity contribution in [2.45, 2.75) is 19.4 Å². The molecule has 0 spiro atoms. The molecule has 0 heterocycles. The molecule has 0 aliphatic carbocycles. The van der Waals surface area contributed by atoms with Crippen molar-refractivity contribution in [2.75, 3.05) is 0 Å². The summed E-state index contributed by atoms with van der Waals surface area (Å²) in [4.78, 5) is 12.2. The number of rotatable bonds is 4. The second-order valence-electron chi connectivity index (χ2n) is 4.62. The van der Waals surface area contributed by atoms with Crippen LogP contribution >= 0.6 is 11.6 Å². The first-order valence-corrected chi connectivity index (χ1v) is 6.55. The lowest BCUT2D eigenvalue weighted by molar-refractivity contribution is 0.0961. The number of hydrogen-bond donors (Lipinski definition) is 1. The zero-order chi connectivity index (χ0) is 13.8. The molecule has 0 amide bonds. The van der Waals surface area contributed by atoms with Gasteiger partial charge in [0.25, 0.3) is 0 Å². The third kappa shape index (κ3) is 3.43. The molecule has 98 valence electrons. The molecule has 0 aliphatic rings. The van der Waals surface area contributed by atoms with Crippen molar-refractivity contribution >= 4 is 17.4 Å².